The molecule has 1 aromatic heterocycles. The first-order valence-corrected chi connectivity index (χ1v) is 8.48. The molecular weight excluding hydrogens is 312 g/mol. The Morgan fingerprint density at radius 3 is 2.90 bits per heavy atom. The molecular formula is C13H16N2O4S2. The molecule has 1 aromatic rings. The lowest BCUT2D eigenvalue weighted by molar-refractivity contribution is -0.151. The van der Waals surface area contributed by atoms with Crippen LogP contribution in [0, 0.1) is 0 Å². The number of hydrogen-bond acceptors (Lipinski definition) is 5. The number of carbonyl (C=O) groups is 3. The maximum Gasteiger partial charge on any atom is 0.331 e. The molecule has 3 N–H and O–H groups in total. The van der Waals surface area contributed by atoms with Crippen molar-refractivity contribution in [1.82, 2.24) is 4.90 Å². The minimum Gasteiger partial charge on any atom is -0.479 e. The molecule has 0 radical (unpaired) electrons. The molecule has 2 amide bonds. The number of primary amides is 1. The van der Waals surface area contributed by atoms with Crippen molar-refractivity contribution in [3.8, 4) is 0 Å². The van der Waals surface area contributed by atoms with Gasteiger partial charge in [0.2, 0.25) is 11.8 Å². The molecule has 2 rings (SSSR count). The topological polar surface area (TPSA) is 101 Å². The van der Waals surface area contributed by atoms with Crippen molar-refractivity contribution in [2.75, 3.05) is 18.1 Å². The molecule has 0 bridgehead atoms. The minimum atomic E-state index is -1.01. The monoisotopic (exact) mass is 328 g/mol. The summed E-state index contributed by atoms with van der Waals surface area (Å²) >= 11 is 2.81. The highest BCUT2D eigenvalue weighted by Crippen LogP contribution is 2.33. The van der Waals surface area contributed by atoms with Crippen LogP contribution < -0.4 is 5.73 Å². The average Bonchev–Trinajstić information content (AvgIpc) is 2.89. The zero-order chi connectivity index (χ0) is 15.4. The second-order valence-corrected chi connectivity index (χ2v) is 6.75. The van der Waals surface area contributed by atoms with Gasteiger partial charge >= 0.3 is 5.97 Å². The number of carbonyl (C=O) groups excluding carboxylic acids is 2. The predicted octanol–water partition coefficient (Wildman–Crippen LogP) is 0.867. The molecule has 1 aliphatic heterocycles. The highest BCUT2D eigenvalue weighted by atomic mass is 32.2. The highest BCUT2D eigenvalue weighted by molar-refractivity contribution is 7.99. The number of nitrogens with zero attached hydrogens (tertiary/aromatic N) is 1. The standard InChI is InChI=1S/C13H16N2O4S2/c14-10(16)7-20-5-3-11(17)15-4-1-9-8(2-6-21-9)12(15)13(18)19/h2,6,12H,1,3-5,7H2,(H2,14,16)(H,18,19). The summed E-state index contributed by atoms with van der Waals surface area (Å²) in [7, 11) is 0. The van der Waals surface area contributed by atoms with Gasteiger partial charge in [-0.3, -0.25) is 9.59 Å². The second-order valence-electron chi connectivity index (χ2n) is 4.65. The van der Waals surface area contributed by atoms with E-state index in [1.54, 1.807) is 6.07 Å². The van der Waals surface area contributed by atoms with Crippen LogP contribution in [0.1, 0.15) is 22.9 Å². The van der Waals surface area contributed by atoms with Crippen molar-refractivity contribution in [3.63, 3.8) is 0 Å². The molecule has 0 spiro atoms. The lowest BCUT2D eigenvalue weighted by atomic mass is 10.00. The lowest BCUT2D eigenvalue weighted by Crippen LogP contribution is -2.43. The number of hydrogen-bond donors (Lipinski definition) is 2. The average molecular weight is 328 g/mol. The van der Waals surface area contributed by atoms with Crippen molar-refractivity contribution >= 4 is 40.9 Å². The summed E-state index contributed by atoms with van der Waals surface area (Å²) in [5, 5.41) is 11.3. The van der Waals surface area contributed by atoms with E-state index in [9.17, 15) is 19.5 Å². The van der Waals surface area contributed by atoms with Crippen molar-refractivity contribution in [3.05, 3.63) is 21.9 Å². The number of carboxylic acids is 1. The van der Waals surface area contributed by atoms with E-state index < -0.39 is 17.9 Å². The molecule has 1 aliphatic rings. The first-order chi connectivity index (χ1) is 10.0. The highest BCUT2D eigenvalue weighted by Gasteiger charge is 2.36. The van der Waals surface area contributed by atoms with Crippen LogP contribution in [0.3, 0.4) is 0 Å². The Morgan fingerprint density at radius 2 is 2.24 bits per heavy atom. The molecule has 1 unspecified atom stereocenters. The van der Waals surface area contributed by atoms with E-state index >= 15 is 0 Å². The fourth-order valence-electron chi connectivity index (χ4n) is 2.33. The van der Waals surface area contributed by atoms with Gasteiger partial charge in [0.1, 0.15) is 0 Å². The van der Waals surface area contributed by atoms with E-state index in [0.717, 1.165) is 10.4 Å². The molecule has 2 heterocycles. The van der Waals surface area contributed by atoms with E-state index in [1.807, 2.05) is 5.38 Å². The van der Waals surface area contributed by atoms with Crippen molar-refractivity contribution < 1.29 is 19.5 Å². The van der Waals surface area contributed by atoms with Crippen molar-refractivity contribution in [1.29, 1.82) is 0 Å². The summed E-state index contributed by atoms with van der Waals surface area (Å²) in [5.74, 6) is -0.994. The minimum absolute atomic E-state index is 0.171. The summed E-state index contributed by atoms with van der Waals surface area (Å²) in [4.78, 5) is 36.8. The van der Waals surface area contributed by atoms with Gasteiger partial charge in [0.25, 0.3) is 0 Å². The number of amides is 2. The van der Waals surface area contributed by atoms with Crippen LogP contribution in [0.15, 0.2) is 11.4 Å². The van der Waals surface area contributed by atoms with Gasteiger partial charge in [-0.05, 0) is 23.4 Å². The van der Waals surface area contributed by atoms with Crippen LogP contribution in [0.4, 0.5) is 0 Å². The Bertz CT molecular complexity index is 558. The maximum atomic E-state index is 12.2. The van der Waals surface area contributed by atoms with Gasteiger partial charge in [0, 0.05) is 23.6 Å². The number of fused-ring (bicyclic) bond motifs is 1. The number of aliphatic carboxylic acids is 1. The number of carboxylic acid groups (broad SMARTS) is 1. The zero-order valence-electron chi connectivity index (χ0n) is 11.3. The first kappa shape index (κ1) is 15.8. The second kappa shape index (κ2) is 6.95. The predicted molar refractivity (Wildman–Crippen MR) is 81.2 cm³/mol. The molecule has 8 heteroatoms. The van der Waals surface area contributed by atoms with Crippen molar-refractivity contribution in [2.45, 2.75) is 18.9 Å². The Hall–Kier alpha value is -1.54. The molecule has 1 atom stereocenters. The van der Waals surface area contributed by atoms with E-state index in [4.69, 9.17) is 5.73 Å². The number of thiophene rings is 1. The molecule has 6 nitrogen and oxygen atoms in total. The van der Waals surface area contributed by atoms with E-state index in [1.165, 1.54) is 28.0 Å². The molecule has 0 fully saturated rings. The Balaban J connectivity index is 2.00. The summed E-state index contributed by atoms with van der Waals surface area (Å²) in [5.41, 5.74) is 5.74. The third-order valence-corrected chi connectivity index (χ3v) is 5.20. The number of thioether (sulfide) groups is 1. The van der Waals surface area contributed by atoms with E-state index in [2.05, 4.69) is 0 Å². The molecule has 0 saturated heterocycles. The van der Waals surface area contributed by atoms with Crippen molar-refractivity contribution in [2.24, 2.45) is 5.73 Å². The summed E-state index contributed by atoms with van der Waals surface area (Å²) in [6, 6.07) is 0.883. The Labute approximate surface area is 130 Å². The summed E-state index contributed by atoms with van der Waals surface area (Å²) in [6.45, 7) is 0.420. The lowest BCUT2D eigenvalue weighted by Gasteiger charge is -2.33. The molecule has 21 heavy (non-hydrogen) atoms. The first-order valence-electron chi connectivity index (χ1n) is 6.45. The molecule has 0 aliphatic carbocycles. The van der Waals surface area contributed by atoms with E-state index in [0.29, 0.717) is 18.7 Å². The van der Waals surface area contributed by atoms with Crippen LogP contribution in [0.2, 0.25) is 0 Å². The van der Waals surface area contributed by atoms with Gasteiger partial charge in [0.05, 0.1) is 5.75 Å². The SMILES string of the molecule is NC(=O)CSCCC(=O)N1CCc2sccc2C1C(=O)O. The number of rotatable bonds is 6. The van der Waals surface area contributed by atoms with Gasteiger partial charge in [-0.25, -0.2) is 4.79 Å². The number of nitrogens with two attached hydrogens (primary N) is 1. The van der Waals surface area contributed by atoms with Crippen LogP contribution >= 0.6 is 23.1 Å². The van der Waals surface area contributed by atoms with Gasteiger partial charge in [0.15, 0.2) is 6.04 Å². The van der Waals surface area contributed by atoms with Gasteiger partial charge < -0.3 is 15.7 Å². The molecule has 0 saturated carbocycles. The van der Waals surface area contributed by atoms with E-state index in [-0.39, 0.29) is 18.1 Å². The molecule has 0 aromatic carbocycles. The van der Waals surface area contributed by atoms with Crippen LogP contribution in [-0.2, 0) is 20.8 Å². The van der Waals surface area contributed by atoms with Gasteiger partial charge in [-0.15, -0.1) is 11.3 Å². The van der Waals surface area contributed by atoms with Crippen LogP contribution in [-0.4, -0.2) is 45.8 Å². The summed E-state index contributed by atoms with van der Waals surface area (Å²) in [6.07, 6.45) is 0.901. The van der Waals surface area contributed by atoms with Gasteiger partial charge in [-0.1, -0.05) is 0 Å². The van der Waals surface area contributed by atoms with Crippen LogP contribution in [0.25, 0.3) is 0 Å². The maximum absolute atomic E-state index is 12.2. The van der Waals surface area contributed by atoms with Crippen LogP contribution in [0.5, 0.6) is 0 Å². The zero-order valence-corrected chi connectivity index (χ0v) is 12.9. The fraction of sp³-hybridized carbons (Fsp3) is 0.462. The Kier molecular flexibility index (Phi) is 5.24. The largest absolute Gasteiger partial charge is 0.479 e. The Morgan fingerprint density at radius 1 is 1.48 bits per heavy atom. The quantitative estimate of drug-likeness (QED) is 0.755. The third kappa shape index (κ3) is 3.76. The van der Waals surface area contributed by atoms with Gasteiger partial charge in [-0.2, -0.15) is 11.8 Å². The third-order valence-electron chi connectivity index (χ3n) is 3.22. The molecule has 114 valence electrons. The summed E-state index contributed by atoms with van der Waals surface area (Å²) < 4.78 is 0. The smallest absolute Gasteiger partial charge is 0.331 e. The normalized spacial score (nSPS) is 17.3. The fourth-order valence-corrected chi connectivity index (χ4v) is 3.90.